The highest BCUT2D eigenvalue weighted by Crippen LogP contribution is 2.10. The summed E-state index contributed by atoms with van der Waals surface area (Å²) in [5.74, 6) is 0.324. The molecule has 0 radical (unpaired) electrons. The molecular formula is C12H9I3O. The Morgan fingerprint density at radius 2 is 0.812 bits per heavy atom. The summed E-state index contributed by atoms with van der Waals surface area (Å²) < 4.78 is 3.73. The predicted octanol–water partition coefficient (Wildman–Crippen LogP) is 4.89. The van der Waals surface area contributed by atoms with Gasteiger partial charge < -0.3 is 5.11 Å². The van der Waals surface area contributed by atoms with Gasteiger partial charge in [-0.2, -0.15) is 0 Å². The molecule has 0 amide bonds. The topological polar surface area (TPSA) is 20.2 Å². The Balaban J connectivity index is 0.000000160. The van der Waals surface area contributed by atoms with E-state index in [1.165, 1.54) is 7.14 Å². The molecule has 2 aromatic rings. The molecule has 0 unspecified atom stereocenters. The van der Waals surface area contributed by atoms with E-state index >= 15 is 0 Å². The van der Waals surface area contributed by atoms with Gasteiger partial charge in [-0.3, -0.25) is 0 Å². The van der Waals surface area contributed by atoms with Crippen LogP contribution in [0.5, 0.6) is 5.75 Å². The van der Waals surface area contributed by atoms with Crippen molar-refractivity contribution in [1.82, 2.24) is 0 Å². The SMILES string of the molecule is Ic1ccc(I)cc1.Oc1ccc(I)cc1. The first-order valence-corrected chi connectivity index (χ1v) is 7.67. The van der Waals surface area contributed by atoms with Crippen LogP contribution >= 0.6 is 67.8 Å². The van der Waals surface area contributed by atoms with Crippen molar-refractivity contribution in [1.29, 1.82) is 0 Å². The fraction of sp³-hybridized carbons (Fsp3) is 0. The van der Waals surface area contributed by atoms with Crippen molar-refractivity contribution in [2.75, 3.05) is 0 Å². The summed E-state index contributed by atoms with van der Waals surface area (Å²) in [5.41, 5.74) is 0. The fourth-order valence-electron chi connectivity index (χ4n) is 0.871. The average molecular weight is 550 g/mol. The summed E-state index contributed by atoms with van der Waals surface area (Å²) in [7, 11) is 0. The van der Waals surface area contributed by atoms with Gasteiger partial charge >= 0.3 is 0 Å². The molecule has 0 spiro atoms. The van der Waals surface area contributed by atoms with Crippen molar-refractivity contribution in [2.45, 2.75) is 0 Å². The van der Waals surface area contributed by atoms with Gasteiger partial charge in [0.2, 0.25) is 0 Å². The van der Waals surface area contributed by atoms with Crippen LogP contribution in [0.25, 0.3) is 0 Å². The van der Waals surface area contributed by atoms with Crippen LogP contribution in [0.4, 0.5) is 0 Å². The van der Waals surface area contributed by atoms with E-state index in [0.717, 1.165) is 3.57 Å². The first-order valence-electron chi connectivity index (χ1n) is 4.43. The zero-order chi connectivity index (χ0) is 12.0. The number of aromatic hydroxyl groups is 1. The monoisotopic (exact) mass is 550 g/mol. The maximum absolute atomic E-state index is 8.75. The van der Waals surface area contributed by atoms with Crippen LogP contribution in [0.15, 0.2) is 48.5 Å². The number of hydrogen-bond acceptors (Lipinski definition) is 1. The van der Waals surface area contributed by atoms with Crippen LogP contribution in [0.3, 0.4) is 0 Å². The van der Waals surface area contributed by atoms with Gasteiger partial charge in [-0.1, -0.05) is 0 Å². The summed E-state index contributed by atoms with van der Waals surface area (Å²) in [5, 5.41) is 8.75. The van der Waals surface area contributed by atoms with E-state index in [4.69, 9.17) is 5.11 Å². The smallest absolute Gasteiger partial charge is 0.115 e. The molecule has 0 saturated heterocycles. The highest BCUT2D eigenvalue weighted by molar-refractivity contribution is 14.1. The second-order valence-corrected chi connectivity index (χ2v) is 6.65. The summed E-state index contributed by atoms with van der Waals surface area (Å²) in [6.45, 7) is 0. The van der Waals surface area contributed by atoms with Crippen LogP contribution in [-0.4, -0.2) is 5.11 Å². The van der Waals surface area contributed by atoms with E-state index in [1.54, 1.807) is 12.1 Å². The molecule has 0 fully saturated rings. The Morgan fingerprint density at radius 3 is 1.06 bits per heavy atom. The number of phenolic OH excluding ortho intramolecular Hbond substituents is 1. The molecule has 0 atom stereocenters. The maximum Gasteiger partial charge on any atom is 0.115 e. The maximum atomic E-state index is 8.75. The summed E-state index contributed by atoms with van der Waals surface area (Å²) in [4.78, 5) is 0. The molecule has 2 aromatic carbocycles. The van der Waals surface area contributed by atoms with Crippen LogP contribution < -0.4 is 0 Å². The van der Waals surface area contributed by atoms with Crippen molar-refractivity contribution < 1.29 is 5.11 Å². The lowest BCUT2D eigenvalue weighted by molar-refractivity contribution is 0.475. The Hall–Kier alpha value is 0.430. The predicted molar refractivity (Wildman–Crippen MR) is 92.7 cm³/mol. The lowest BCUT2D eigenvalue weighted by Gasteiger charge is -1.87. The highest BCUT2D eigenvalue weighted by Gasteiger charge is 1.84. The quantitative estimate of drug-likeness (QED) is 0.464. The Bertz CT molecular complexity index is 338. The molecule has 0 bridgehead atoms. The van der Waals surface area contributed by atoms with Crippen LogP contribution in [0, 0.1) is 10.7 Å². The first kappa shape index (κ1) is 14.5. The van der Waals surface area contributed by atoms with E-state index < -0.39 is 0 Å². The number of benzene rings is 2. The van der Waals surface area contributed by atoms with Gasteiger partial charge in [0.1, 0.15) is 5.75 Å². The third kappa shape index (κ3) is 6.24. The number of hydrogen-bond donors (Lipinski definition) is 1. The molecule has 2 rings (SSSR count). The second-order valence-electron chi connectivity index (χ2n) is 2.91. The van der Waals surface area contributed by atoms with Crippen molar-refractivity contribution in [3.8, 4) is 5.75 Å². The molecule has 84 valence electrons. The van der Waals surface area contributed by atoms with E-state index in [9.17, 15) is 0 Å². The Morgan fingerprint density at radius 1 is 0.562 bits per heavy atom. The number of phenols is 1. The van der Waals surface area contributed by atoms with Gasteiger partial charge in [0, 0.05) is 10.7 Å². The van der Waals surface area contributed by atoms with Gasteiger partial charge in [-0.05, 0) is 116 Å². The zero-order valence-corrected chi connectivity index (χ0v) is 14.7. The number of rotatable bonds is 0. The molecule has 0 aliphatic heterocycles. The fourth-order valence-corrected chi connectivity index (χ4v) is 1.95. The van der Waals surface area contributed by atoms with Crippen molar-refractivity contribution >= 4 is 67.8 Å². The van der Waals surface area contributed by atoms with Crippen molar-refractivity contribution in [3.63, 3.8) is 0 Å². The largest absolute Gasteiger partial charge is 0.508 e. The third-order valence-corrected chi connectivity index (χ3v) is 3.79. The van der Waals surface area contributed by atoms with E-state index in [1.807, 2.05) is 12.1 Å². The van der Waals surface area contributed by atoms with Gasteiger partial charge in [0.15, 0.2) is 0 Å². The van der Waals surface area contributed by atoms with Crippen LogP contribution in [0.1, 0.15) is 0 Å². The van der Waals surface area contributed by atoms with Crippen LogP contribution in [0.2, 0.25) is 0 Å². The molecule has 0 aliphatic rings. The summed E-state index contributed by atoms with van der Waals surface area (Å²) in [6.07, 6.45) is 0. The lowest BCUT2D eigenvalue weighted by atomic mass is 10.3. The highest BCUT2D eigenvalue weighted by atomic mass is 127. The normalized spacial score (nSPS) is 9.19. The molecule has 0 saturated carbocycles. The first-order chi connectivity index (χ1) is 7.58. The minimum atomic E-state index is 0.324. The molecule has 16 heavy (non-hydrogen) atoms. The van der Waals surface area contributed by atoms with Gasteiger partial charge in [0.05, 0.1) is 0 Å². The van der Waals surface area contributed by atoms with Crippen molar-refractivity contribution in [3.05, 3.63) is 59.2 Å². The molecule has 1 nitrogen and oxygen atoms in total. The van der Waals surface area contributed by atoms with Gasteiger partial charge in [-0.25, -0.2) is 0 Å². The minimum absolute atomic E-state index is 0.324. The molecule has 1 N–H and O–H groups in total. The zero-order valence-electron chi connectivity index (χ0n) is 8.20. The van der Waals surface area contributed by atoms with Gasteiger partial charge in [0.25, 0.3) is 0 Å². The third-order valence-electron chi connectivity index (χ3n) is 1.63. The van der Waals surface area contributed by atoms with Gasteiger partial charge in [-0.15, -0.1) is 0 Å². The molecular weight excluding hydrogens is 541 g/mol. The molecule has 0 aliphatic carbocycles. The van der Waals surface area contributed by atoms with E-state index in [2.05, 4.69) is 92.0 Å². The summed E-state index contributed by atoms with van der Waals surface area (Å²) >= 11 is 6.77. The Labute approximate surface area is 136 Å². The molecule has 4 heteroatoms. The standard InChI is InChI=1S/C6H4I2.C6H5IO/c7-5-1-2-6(8)4-3-5;7-5-1-3-6(8)4-2-5/h1-4H;1-4,8H. The van der Waals surface area contributed by atoms with E-state index in [0.29, 0.717) is 5.75 Å². The lowest BCUT2D eigenvalue weighted by Crippen LogP contribution is -1.68. The van der Waals surface area contributed by atoms with Crippen LogP contribution in [-0.2, 0) is 0 Å². The summed E-state index contributed by atoms with van der Waals surface area (Å²) in [6, 6.07) is 15.4. The minimum Gasteiger partial charge on any atom is -0.508 e. The molecule has 0 heterocycles. The molecule has 0 aromatic heterocycles. The Kier molecular flexibility index (Phi) is 6.97. The van der Waals surface area contributed by atoms with Crippen molar-refractivity contribution in [2.24, 2.45) is 0 Å². The average Bonchev–Trinajstić information content (AvgIpc) is 2.28. The van der Waals surface area contributed by atoms with E-state index in [-0.39, 0.29) is 0 Å². The number of halogens is 3. The second kappa shape index (κ2) is 7.70.